The lowest BCUT2D eigenvalue weighted by Gasteiger charge is -2.14. The summed E-state index contributed by atoms with van der Waals surface area (Å²) in [5.41, 5.74) is -0.00264. The van der Waals surface area contributed by atoms with Crippen LogP contribution in [0.15, 0.2) is 42.5 Å². The molecule has 0 saturated carbocycles. The van der Waals surface area contributed by atoms with Crippen molar-refractivity contribution in [3.8, 4) is 0 Å². The van der Waals surface area contributed by atoms with Crippen molar-refractivity contribution >= 4 is 22.5 Å². The zero-order valence-electron chi connectivity index (χ0n) is 11.5. The van der Waals surface area contributed by atoms with Crippen LogP contribution in [0.4, 0.5) is 13.2 Å². The molecule has 23 heavy (non-hydrogen) atoms. The minimum Gasteiger partial charge on any atom is -0.351 e. The number of halogens is 3. The molecule has 2 aromatic carbocycles. The fourth-order valence-corrected chi connectivity index (χ4v) is 2.92. The van der Waals surface area contributed by atoms with Crippen LogP contribution < -0.4 is 0 Å². The number of carbonyl (C=O) groups excluding carboxylic acids is 2. The molecule has 0 fully saturated rings. The maximum Gasteiger partial charge on any atom is 0.416 e. The molecule has 114 valence electrons. The number of carbonyl (C=O) groups is 2. The zero-order valence-corrected chi connectivity index (χ0v) is 11.5. The molecule has 1 aromatic heterocycles. The minimum absolute atomic E-state index is 0.00907. The highest BCUT2D eigenvalue weighted by Gasteiger charge is 2.35. The molecule has 0 spiro atoms. The van der Waals surface area contributed by atoms with Crippen molar-refractivity contribution < 1.29 is 22.8 Å². The van der Waals surface area contributed by atoms with E-state index >= 15 is 0 Å². The van der Waals surface area contributed by atoms with Gasteiger partial charge in [0.05, 0.1) is 16.8 Å². The van der Waals surface area contributed by atoms with Crippen molar-refractivity contribution in [2.45, 2.75) is 6.18 Å². The summed E-state index contributed by atoms with van der Waals surface area (Å²) in [5, 5.41) is 0.114. The molecule has 0 atom stereocenters. The molecule has 0 radical (unpaired) electrons. The predicted octanol–water partition coefficient (Wildman–Crippen LogP) is 3.96. The first-order valence-corrected chi connectivity index (χ1v) is 6.79. The van der Waals surface area contributed by atoms with Gasteiger partial charge >= 0.3 is 6.18 Å². The molecule has 3 aromatic rings. The summed E-state index contributed by atoms with van der Waals surface area (Å²) in [6, 6.07) is 9.36. The highest BCUT2D eigenvalue weighted by atomic mass is 19.4. The summed E-state index contributed by atoms with van der Waals surface area (Å²) < 4.78 is 38.7. The fraction of sp³-hybridized carbons (Fsp3) is 0.0588. The van der Waals surface area contributed by atoms with Gasteiger partial charge in [0.1, 0.15) is 0 Å². The van der Waals surface area contributed by atoms with Gasteiger partial charge in [0.2, 0.25) is 5.78 Å². The second-order valence-electron chi connectivity index (χ2n) is 5.34. The number of aromatic amines is 1. The normalized spacial score (nSPS) is 14.0. The van der Waals surface area contributed by atoms with Crippen molar-refractivity contribution in [3.05, 3.63) is 70.4 Å². The number of fused-ring (bicyclic) bond motifs is 4. The van der Waals surface area contributed by atoms with E-state index in [-0.39, 0.29) is 33.6 Å². The van der Waals surface area contributed by atoms with E-state index < -0.39 is 17.5 Å². The average molecular weight is 315 g/mol. The molecular formula is C17H8F3NO2. The lowest BCUT2D eigenvalue weighted by Crippen LogP contribution is -2.20. The highest BCUT2D eigenvalue weighted by Crippen LogP contribution is 2.36. The number of hydrogen-bond donors (Lipinski definition) is 1. The number of alkyl halides is 3. The molecule has 0 bridgehead atoms. The van der Waals surface area contributed by atoms with E-state index in [9.17, 15) is 22.8 Å². The Balaban J connectivity index is 2.04. The van der Waals surface area contributed by atoms with Gasteiger partial charge in [0.25, 0.3) is 0 Å². The molecule has 6 heteroatoms. The second-order valence-corrected chi connectivity index (χ2v) is 5.34. The first kappa shape index (κ1) is 13.8. The third-order valence-electron chi connectivity index (χ3n) is 4.00. The lowest BCUT2D eigenvalue weighted by atomic mass is 9.87. The number of aromatic nitrogens is 1. The number of rotatable bonds is 0. The van der Waals surface area contributed by atoms with E-state index in [1.807, 2.05) is 0 Å². The zero-order chi connectivity index (χ0) is 16.4. The van der Waals surface area contributed by atoms with Crippen LogP contribution in [-0.2, 0) is 6.18 Å². The molecule has 4 rings (SSSR count). The SMILES string of the molecule is O=C1c2ccccc2C(=O)c2c1[nH]c1ccc(C(F)(F)F)cc21. The van der Waals surface area contributed by atoms with Gasteiger partial charge < -0.3 is 4.98 Å². The summed E-state index contributed by atoms with van der Waals surface area (Å²) in [6.45, 7) is 0. The van der Waals surface area contributed by atoms with Crippen LogP contribution in [0.25, 0.3) is 10.9 Å². The van der Waals surface area contributed by atoms with Crippen LogP contribution in [0.2, 0.25) is 0 Å². The fourth-order valence-electron chi connectivity index (χ4n) is 2.92. The Morgan fingerprint density at radius 3 is 2.17 bits per heavy atom. The van der Waals surface area contributed by atoms with E-state index in [0.717, 1.165) is 12.1 Å². The van der Waals surface area contributed by atoms with E-state index in [4.69, 9.17) is 0 Å². The summed E-state index contributed by atoms with van der Waals surface area (Å²) in [6.07, 6.45) is -4.52. The maximum atomic E-state index is 12.9. The average Bonchev–Trinajstić information content (AvgIpc) is 2.91. The third kappa shape index (κ3) is 1.84. The summed E-state index contributed by atoms with van der Waals surface area (Å²) in [5.74, 6) is -0.833. The number of hydrogen-bond acceptors (Lipinski definition) is 2. The molecule has 0 saturated heterocycles. The second kappa shape index (κ2) is 4.32. The monoisotopic (exact) mass is 315 g/mol. The van der Waals surface area contributed by atoms with E-state index in [1.165, 1.54) is 18.2 Å². The quantitative estimate of drug-likeness (QED) is 0.534. The summed E-state index contributed by atoms with van der Waals surface area (Å²) in [7, 11) is 0. The van der Waals surface area contributed by atoms with Crippen molar-refractivity contribution in [1.29, 1.82) is 0 Å². The number of ketones is 2. The molecule has 0 amide bonds. The van der Waals surface area contributed by atoms with Gasteiger partial charge in [0.15, 0.2) is 5.78 Å². The van der Waals surface area contributed by atoms with Crippen molar-refractivity contribution in [1.82, 2.24) is 4.98 Å². The Morgan fingerprint density at radius 1 is 0.870 bits per heavy atom. The number of benzene rings is 2. The van der Waals surface area contributed by atoms with Gasteiger partial charge in [-0.2, -0.15) is 13.2 Å². The molecular weight excluding hydrogens is 307 g/mol. The molecule has 0 aliphatic heterocycles. The third-order valence-corrected chi connectivity index (χ3v) is 4.00. The summed E-state index contributed by atoms with van der Waals surface area (Å²) >= 11 is 0. The van der Waals surface area contributed by atoms with E-state index in [2.05, 4.69) is 4.98 Å². The molecule has 1 aliphatic carbocycles. The lowest BCUT2D eigenvalue weighted by molar-refractivity contribution is -0.137. The van der Waals surface area contributed by atoms with Gasteiger partial charge in [-0.15, -0.1) is 0 Å². The smallest absolute Gasteiger partial charge is 0.351 e. The summed E-state index contributed by atoms with van der Waals surface area (Å²) in [4.78, 5) is 27.9. The van der Waals surface area contributed by atoms with Crippen LogP contribution in [0.5, 0.6) is 0 Å². The topological polar surface area (TPSA) is 49.9 Å². The van der Waals surface area contributed by atoms with Crippen LogP contribution in [0, 0.1) is 0 Å². The minimum atomic E-state index is -4.52. The molecule has 3 nitrogen and oxygen atoms in total. The van der Waals surface area contributed by atoms with E-state index in [1.54, 1.807) is 12.1 Å². The first-order valence-electron chi connectivity index (χ1n) is 6.79. The number of H-pyrrole nitrogens is 1. The van der Waals surface area contributed by atoms with Crippen LogP contribution in [0.1, 0.15) is 37.5 Å². The number of nitrogens with one attached hydrogen (secondary N) is 1. The van der Waals surface area contributed by atoms with Gasteiger partial charge in [-0.3, -0.25) is 9.59 Å². The van der Waals surface area contributed by atoms with Gasteiger partial charge in [-0.25, -0.2) is 0 Å². The van der Waals surface area contributed by atoms with Gasteiger partial charge in [-0.1, -0.05) is 24.3 Å². The highest BCUT2D eigenvalue weighted by molar-refractivity contribution is 6.32. The van der Waals surface area contributed by atoms with E-state index in [0.29, 0.717) is 5.52 Å². The Morgan fingerprint density at radius 2 is 1.52 bits per heavy atom. The predicted molar refractivity (Wildman–Crippen MR) is 76.6 cm³/mol. The Kier molecular flexibility index (Phi) is 2.58. The van der Waals surface area contributed by atoms with Crippen LogP contribution in [-0.4, -0.2) is 16.6 Å². The Hall–Kier alpha value is -2.89. The van der Waals surface area contributed by atoms with Gasteiger partial charge in [0, 0.05) is 22.0 Å². The molecule has 0 unspecified atom stereocenters. The van der Waals surface area contributed by atoms with Crippen molar-refractivity contribution in [2.75, 3.05) is 0 Å². The Bertz CT molecular complexity index is 999. The van der Waals surface area contributed by atoms with Crippen molar-refractivity contribution in [2.24, 2.45) is 0 Å². The maximum absolute atomic E-state index is 12.9. The largest absolute Gasteiger partial charge is 0.416 e. The van der Waals surface area contributed by atoms with Crippen LogP contribution in [0.3, 0.4) is 0 Å². The van der Waals surface area contributed by atoms with Crippen molar-refractivity contribution in [3.63, 3.8) is 0 Å². The molecule has 1 N–H and O–H groups in total. The molecule has 1 heterocycles. The van der Waals surface area contributed by atoms with Crippen LogP contribution >= 0.6 is 0 Å². The standard InChI is InChI=1S/C17H8F3NO2/c18-17(19,20)8-5-6-12-11(7-8)13-14(21-12)16(23)10-4-2-1-3-9(10)15(13)22/h1-7,21H. The Labute approximate surface area is 127 Å². The van der Waals surface area contributed by atoms with Gasteiger partial charge in [-0.05, 0) is 18.2 Å². The first-order chi connectivity index (χ1) is 10.9. The molecule has 1 aliphatic rings.